The molecule has 1 unspecified atom stereocenters. The number of nitrogens with zero attached hydrogens (tertiary/aromatic N) is 2. The highest BCUT2D eigenvalue weighted by Crippen LogP contribution is 2.21. The second-order valence-electron chi connectivity index (χ2n) is 5.37. The van der Waals surface area contributed by atoms with E-state index in [0.29, 0.717) is 11.9 Å². The van der Waals surface area contributed by atoms with E-state index >= 15 is 0 Å². The third kappa shape index (κ3) is 2.92. The summed E-state index contributed by atoms with van der Waals surface area (Å²) in [5.41, 5.74) is 7.87. The van der Waals surface area contributed by atoms with Crippen LogP contribution in [-0.4, -0.2) is 29.0 Å². The minimum atomic E-state index is 0.487. The Morgan fingerprint density at radius 3 is 2.90 bits per heavy atom. The summed E-state index contributed by atoms with van der Waals surface area (Å²) in [5, 5.41) is 0. The summed E-state index contributed by atoms with van der Waals surface area (Å²) in [4.78, 5) is 7.02. The number of nitrogens with two attached hydrogens (primary N) is 1. The lowest BCUT2D eigenvalue weighted by Gasteiger charge is -2.34. The number of piperidine rings is 1. The van der Waals surface area contributed by atoms with Gasteiger partial charge in [-0.1, -0.05) is 24.6 Å². The van der Waals surface area contributed by atoms with Crippen molar-refractivity contribution in [2.45, 2.75) is 31.8 Å². The fraction of sp³-hybridized carbons (Fsp3) is 0.438. The van der Waals surface area contributed by atoms with E-state index < -0.39 is 0 Å². The van der Waals surface area contributed by atoms with Gasteiger partial charge in [0.25, 0.3) is 0 Å². The highest BCUT2D eigenvalue weighted by molar-refractivity contribution is 5.52. The minimum absolute atomic E-state index is 0.487. The molecule has 1 fully saturated rings. The van der Waals surface area contributed by atoms with Gasteiger partial charge in [0.2, 0.25) is 5.89 Å². The van der Waals surface area contributed by atoms with Crippen LogP contribution in [0.4, 0.5) is 0 Å². The van der Waals surface area contributed by atoms with Crippen molar-refractivity contribution in [2.24, 2.45) is 5.73 Å². The molecule has 1 aromatic carbocycles. The number of rotatable bonds is 4. The van der Waals surface area contributed by atoms with Gasteiger partial charge >= 0.3 is 0 Å². The third-order valence-electron chi connectivity index (χ3n) is 3.96. The number of benzene rings is 1. The summed E-state index contributed by atoms with van der Waals surface area (Å²) < 4.78 is 5.59. The molecule has 2 N–H and O–H groups in total. The Morgan fingerprint density at radius 1 is 1.25 bits per heavy atom. The summed E-state index contributed by atoms with van der Waals surface area (Å²) in [5.74, 6) is 0.696. The Kier molecular flexibility index (Phi) is 4.14. The van der Waals surface area contributed by atoms with Gasteiger partial charge < -0.3 is 10.2 Å². The predicted molar refractivity (Wildman–Crippen MR) is 79.0 cm³/mol. The molecule has 3 rings (SSSR count). The van der Waals surface area contributed by atoms with Crippen LogP contribution in [0.1, 0.15) is 25.0 Å². The van der Waals surface area contributed by atoms with Gasteiger partial charge in [-0.3, -0.25) is 4.90 Å². The quantitative estimate of drug-likeness (QED) is 0.929. The van der Waals surface area contributed by atoms with Gasteiger partial charge in [-0.2, -0.15) is 0 Å². The molecule has 106 valence electrons. The van der Waals surface area contributed by atoms with Gasteiger partial charge in [0, 0.05) is 24.7 Å². The van der Waals surface area contributed by atoms with Gasteiger partial charge in [-0.25, -0.2) is 4.98 Å². The van der Waals surface area contributed by atoms with E-state index in [0.717, 1.165) is 30.9 Å². The molecule has 0 amide bonds. The van der Waals surface area contributed by atoms with E-state index in [-0.39, 0.29) is 0 Å². The molecule has 1 aromatic heterocycles. The van der Waals surface area contributed by atoms with E-state index in [2.05, 4.69) is 9.88 Å². The minimum Gasteiger partial charge on any atom is -0.444 e. The van der Waals surface area contributed by atoms with Gasteiger partial charge in [0.1, 0.15) is 6.26 Å². The van der Waals surface area contributed by atoms with E-state index in [1.165, 1.54) is 19.3 Å². The molecule has 1 aliphatic heterocycles. The molecular weight excluding hydrogens is 250 g/mol. The normalized spacial score (nSPS) is 20.1. The maximum atomic E-state index is 5.86. The molecule has 1 atom stereocenters. The van der Waals surface area contributed by atoms with Crippen LogP contribution in [0.15, 0.2) is 41.0 Å². The molecule has 1 saturated heterocycles. The van der Waals surface area contributed by atoms with Crippen molar-refractivity contribution in [3.05, 3.63) is 42.3 Å². The fourth-order valence-corrected chi connectivity index (χ4v) is 2.84. The van der Waals surface area contributed by atoms with E-state index in [4.69, 9.17) is 10.2 Å². The Balaban J connectivity index is 1.71. The fourth-order valence-electron chi connectivity index (χ4n) is 2.84. The lowest BCUT2D eigenvalue weighted by Crippen LogP contribution is -2.43. The largest absolute Gasteiger partial charge is 0.444 e. The van der Waals surface area contributed by atoms with Crippen molar-refractivity contribution in [1.82, 2.24) is 9.88 Å². The first kappa shape index (κ1) is 13.3. The number of aromatic nitrogens is 1. The topological polar surface area (TPSA) is 55.3 Å². The van der Waals surface area contributed by atoms with Crippen LogP contribution in [0.3, 0.4) is 0 Å². The maximum absolute atomic E-state index is 5.86. The van der Waals surface area contributed by atoms with Crippen LogP contribution in [0, 0.1) is 0 Å². The van der Waals surface area contributed by atoms with Crippen LogP contribution in [-0.2, 0) is 6.54 Å². The van der Waals surface area contributed by atoms with Crippen molar-refractivity contribution in [3.8, 4) is 11.5 Å². The zero-order chi connectivity index (χ0) is 13.8. The van der Waals surface area contributed by atoms with E-state index in [9.17, 15) is 0 Å². The van der Waals surface area contributed by atoms with Crippen molar-refractivity contribution in [2.75, 3.05) is 13.1 Å². The molecule has 20 heavy (non-hydrogen) atoms. The van der Waals surface area contributed by atoms with Crippen LogP contribution in [0.25, 0.3) is 11.5 Å². The van der Waals surface area contributed by atoms with Crippen molar-refractivity contribution in [1.29, 1.82) is 0 Å². The highest BCUT2D eigenvalue weighted by atomic mass is 16.3. The number of hydrogen-bond acceptors (Lipinski definition) is 4. The Bertz CT molecular complexity index is 538. The first-order chi connectivity index (χ1) is 9.86. The first-order valence-electron chi connectivity index (χ1n) is 7.31. The summed E-state index contributed by atoms with van der Waals surface area (Å²) >= 11 is 0. The molecule has 2 aromatic rings. The lowest BCUT2D eigenvalue weighted by atomic mass is 10.0. The summed E-state index contributed by atoms with van der Waals surface area (Å²) in [7, 11) is 0. The van der Waals surface area contributed by atoms with Crippen LogP contribution < -0.4 is 5.73 Å². The van der Waals surface area contributed by atoms with E-state index in [1.807, 2.05) is 30.3 Å². The SMILES string of the molecule is NCC1CCCCN1Cc1coc(-c2ccccc2)n1. The number of oxazole rings is 1. The smallest absolute Gasteiger partial charge is 0.226 e. The van der Waals surface area contributed by atoms with Gasteiger partial charge in [-0.15, -0.1) is 0 Å². The summed E-state index contributed by atoms with van der Waals surface area (Å²) in [6, 6.07) is 10.5. The Labute approximate surface area is 119 Å². The van der Waals surface area contributed by atoms with Gasteiger partial charge in [0.05, 0.1) is 5.69 Å². The Hall–Kier alpha value is -1.65. The molecule has 1 aliphatic rings. The number of likely N-dealkylation sites (tertiary alicyclic amines) is 1. The first-order valence-corrected chi connectivity index (χ1v) is 7.31. The number of hydrogen-bond donors (Lipinski definition) is 1. The summed E-state index contributed by atoms with van der Waals surface area (Å²) in [6.45, 7) is 2.66. The van der Waals surface area contributed by atoms with Crippen molar-refractivity contribution < 1.29 is 4.42 Å². The van der Waals surface area contributed by atoms with Crippen molar-refractivity contribution >= 4 is 0 Å². The van der Waals surface area contributed by atoms with Gasteiger partial charge in [0.15, 0.2) is 0 Å². The maximum Gasteiger partial charge on any atom is 0.226 e. The zero-order valence-corrected chi connectivity index (χ0v) is 11.7. The average Bonchev–Trinajstić information content (AvgIpc) is 2.97. The van der Waals surface area contributed by atoms with E-state index in [1.54, 1.807) is 6.26 Å². The molecule has 0 saturated carbocycles. The average molecular weight is 271 g/mol. The van der Waals surface area contributed by atoms with Gasteiger partial charge in [-0.05, 0) is 31.5 Å². The second-order valence-corrected chi connectivity index (χ2v) is 5.37. The molecular formula is C16H21N3O. The third-order valence-corrected chi connectivity index (χ3v) is 3.96. The van der Waals surface area contributed by atoms with Crippen LogP contribution in [0.5, 0.6) is 0 Å². The molecule has 0 aliphatic carbocycles. The highest BCUT2D eigenvalue weighted by Gasteiger charge is 2.22. The molecule has 2 heterocycles. The zero-order valence-electron chi connectivity index (χ0n) is 11.7. The Morgan fingerprint density at radius 2 is 2.10 bits per heavy atom. The molecule has 0 radical (unpaired) electrons. The molecule has 4 heteroatoms. The molecule has 0 spiro atoms. The molecule has 4 nitrogen and oxygen atoms in total. The van der Waals surface area contributed by atoms with Crippen molar-refractivity contribution in [3.63, 3.8) is 0 Å². The lowest BCUT2D eigenvalue weighted by molar-refractivity contribution is 0.143. The monoisotopic (exact) mass is 271 g/mol. The second kappa shape index (κ2) is 6.20. The van der Waals surface area contributed by atoms with Crippen LogP contribution >= 0.6 is 0 Å². The summed E-state index contributed by atoms with van der Waals surface area (Å²) in [6.07, 6.45) is 5.50. The predicted octanol–water partition coefficient (Wildman–Crippen LogP) is 2.65. The standard InChI is InChI=1S/C16H21N3O/c17-10-15-8-4-5-9-19(15)11-14-12-20-16(18-14)13-6-2-1-3-7-13/h1-3,6-7,12,15H,4-5,8-11,17H2. The van der Waals surface area contributed by atoms with Crippen LogP contribution in [0.2, 0.25) is 0 Å². The molecule has 0 bridgehead atoms.